The molecule has 0 bridgehead atoms. The maximum absolute atomic E-state index is 13.7. The highest BCUT2D eigenvalue weighted by molar-refractivity contribution is 7.10. The van der Waals surface area contributed by atoms with Crippen LogP contribution in [0.15, 0.2) is 35.7 Å². The summed E-state index contributed by atoms with van der Waals surface area (Å²) in [7, 11) is 0. The first-order chi connectivity index (χ1) is 17.3. The molecule has 1 aromatic heterocycles. The summed E-state index contributed by atoms with van der Waals surface area (Å²) in [6, 6.07) is 10.3. The van der Waals surface area contributed by atoms with E-state index in [0.29, 0.717) is 31.5 Å². The molecule has 6 heteroatoms. The van der Waals surface area contributed by atoms with Gasteiger partial charge in [-0.05, 0) is 72.2 Å². The Hall–Kier alpha value is -2.34. The van der Waals surface area contributed by atoms with Gasteiger partial charge < -0.3 is 14.5 Å². The number of thiophene rings is 1. The molecule has 1 saturated carbocycles. The summed E-state index contributed by atoms with van der Waals surface area (Å²) >= 11 is 1.76. The number of amides is 2. The average Bonchev–Trinajstić information content (AvgIpc) is 3.57. The second kappa shape index (κ2) is 12.3. The fourth-order valence-corrected chi connectivity index (χ4v) is 6.29. The number of carbonyl (C=O) groups excluding carboxylic acids is 2. The lowest BCUT2D eigenvalue weighted by molar-refractivity contribution is -0.144. The van der Waals surface area contributed by atoms with Gasteiger partial charge in [0.15, 0.2) is 0 Å². The van der Waals surface area contributed by atoms with E-state index >= 15 is 0 Å². The van der Waals surface area contributed by atoms with Crippen LogP contribution in [0.25, 0.3) is 0 Å². The first kappa shape index (κ1) is 26.7. The predicted octanol–water partition coefficient (Wildman–Crippen LogP) is 6.44. The molecule has 2 heterocycles. The van der Waals surface area contributed by atoms with Crippen molar-refractivity contribution in [3.8, 4) is 5.75 Å². The van der Waals surface area contributed by atoms with Crippen molar-refractivity contribution in [2.45, 2.75) is 78.2 Å². The third-order valence-corrected chi connectivity index (χ3v) is 8.68. The van der Waals surface area contributed by atoms with Crippen molar-refractivity contribution in [2.75, 3.05) is 26.2 Å². The molecule has 1 aliphatic carbocycles. The van der Waals surface area contributed by atoms with Gasteiger partial charge in [0.1, 0.15) is 12.4 Å². The number of rotatable bonds is 10. The van der Waals surface area contributed by atoms with Gasteiger partial charge in [-0.2, -0.15) is 0 Å². The highest BCUT2D eigenvalue weighted by Gasteiger charge is 2.35. The van der Waals surface area contributed by atoms with Crippen LogP contribution in [-0.2, 0) is 16.0 Å². The fourth-order valence-electron chi connectivity index (χ4n) is 5.36. The number of ether oxygens (including phenoxy) is 1. The third kappa shape index (κ3) is 6.50. The van der Waals surface area contributed by atoms with Crippen LogP contribution in [0.2, 0.25) is 0 Å². The zero-order valence-corrected chi connectivity index (χ0v) is 23.2. The molecule has 0 N–H and O–H groups in total. The zero-order chi connectivity index (χ0) is 25.7. The minimum atomic E-state index is -0.134. The summed E-state index contributed by atoms with van der Waals surface area (Å²) < 4.78 is 6.23. The summed E-state index contributed by atoms with van der Waals surface area (Å²) in [4.78, 5) is 32.2. The van der Waals surface area contributed by atoms with E-state index in [-0.39, 0.29) is 30.3 Å². The molecule has 0 radical (unpaired) electrons. The van der Waals surface area contributed by atoms with Crippen LogP contribution in [0.3, 0.4) is 0 Å². The van der Waals surface area contributed by atoms with Crippen molar-refractivity contribution < 1.29 is 14.3 Å². The molecule has 196 valence electrons. The van der Waals surface area contributed by atoms with Crippen LogP contribution in [0.1, 0.15) is 87.8 Å². The van der Waals surface area contributed by atoms with E-state index in [1.54, 1.807) is 11.3 Å². The topological polar surface area (TPSA) is 49.9 Å². The van der Waals surface area contributed by atoms with Crippen LogP contribution in [0.5, 0.6) is 5.75 Å². The van der Waals surface area contributed by atoms with Crippen molar-refractivity contribution in [3.63, 3.8) is 0 Å². The lowest BCUT2D eigenvalue weighted by Gasteiger charge is -2.37. The largest absolute Gasteiger partial charge is 0.491 e. The second-order valence-electron chi connectivity index (χ2n) is 11.1. The van der Waals surface area contributed by atoms with E-state index in [1.807, 2.05) is 21.9 Å². The number of hydrogen-bond acceptors (Lipinski definition) is 4. The second-order valence-corrected chi connectivity index (χ2v) is 12.1. The van der Waals surface area contributed by atoms with Gasteiger partial charge in [-0.3, -0.25) is 9.59 Å². The van der Waals surface area contributed by atoms with Crippen molar-refractivity contribution >= 4 is 23.2 Å². The van der Waals surface area contributed by atoms with E-state index in [4.69, 9.17) is 4.74 Å². The molecule has 2 amide bonds. The van der Waals surface area contributed by atoms with Crippen molar-refractivity contribution in [2.24, 2.45) is 11.8 Å². The van der Waals surface area contributed by atoms with Gasteiger partial charge in [-0.15, -0.1) is 11.3 Å². The smallest absolute Gasteiger partial charge is 0.242 e. The maximum Gasteiger partial charge on any atom is 0.242 e. The Morgan fingerprint density at radius 1 is 1.08 bits per heavy atom. The molecule has 2 aromatic rings. The molecule has 0 spiro atoms. The highest BCUT2D eigenvalue weighted by Crippen LogP contribution is 2.34. The minimum Gasteiger partial charge on any atom is -0.491 e. The van der Waals surface area contributed by atoms with Gasteiger partial charge in [-0.1, -0.05) is 52.7 Å². The Balaban J connectivity index is 1.48. The summed E-state index contributed by atoms with van der Waals surface area (Å²) in [5.74, 6) is 2.08. The van der Waals surface area contributed by atoms with E-state index in [0.717, 1.165) is 44.3 Å². The van der Waals surface area contributed by atoms with Crippen LogP contribution < -0.4 is 4.74 Å². The molecule has 0 saturated heterocycles. The molecule has 4 rings (SSSR count). The highest BCUT2D eigenvalue weighted by atomic mass is 32.1. The van der Waals surface area contributed by atoms with Crippen LogP contribution >= 0.6 is 11.3 Å². The Bertz CT molecular complexity index is 1010. The van der Waals surface area contributed by atoms with E-state index in [2.05, 4.69) is 51.3 Å². The molecule has 5 nitrogen and oxygen atoms in total. The number of carbonyl (C=O) groups is 2. The Morgan fingerprint density at radius 2 is 1.81 bits per heavy atom. The Labute approximate surface area is 220 Å². The molecule has 1 aromatic carbocycles. The molecular weight excluding hydrogens is 468 g/mol. The maximum atomic E-state index is 13.7. The van der Waals surface area contributed by atoms with E-state index < -0.39 is 0 Å². The number of fused-ring (bicyclic) bond motifs is 1. The average molecular weight is 511 g/mol. The van der Waals surface area contributed by atoms with Crippen LogP contribution in [0, 0.1) is 11.8 Å². The monoisotopic (exact) mass is 510 g/mol. The van der Waals surface area contributed by atoms with Gasteiger partial charge in [0, 0.05) is 23.9 Å². The molecular formula is C30H42N2O3S. The Kier molecular flexibility index (Phi) is 9.10. The Morgan fingerprint density at radius 3 is 2.47 bits per heavy atom. The number of nitrogens with zero attached hydrogens (tertiary/aromatic N) is 2. The quantitative estimate of drug-likeness (QED) is 0.369. The molecule has 1 atom stereocenters. The van der Waals surface area contributed by atoms with E-state index in [1.165, 1.54) is 16.0 Å². The standard InChI is InChI=1S/C30H42N2O3S/c1-21(2)13-16-31(30(34)24-7-5-6-8-24)19-29(33)32-17-14-28-26(15-18-36-28)27(32)20-35-25-11-9-23(10-12-25)22(3)4/h9-12,15,18,21-22,24,27H,5-8,13-14,16-17,19-20H2,1-4H3. The summed E-state index contributed by atoms with van der Waals surface area (Å²) in [6.07, 6.45) is 5.93. The summed E-state index contributed by atoms with van der Waals surface area (Å²) in [5, 5.41) is 2.11. The van der Waals surface area contributed by atoms with Gasteiger partial charge in [0.25, 0.3) is 0 Å². The molecule has 1 fully saturated rings. The minimum absolute atomic E-state index is 0.0331. The van der Waals surface area contributed by atoms with Crippen LogP contribution in [-0.4, -0.2) is 47.9 Å². The van der Waals surface area contributed by atoms with Crippen LogP contribution in [0.4, 0.5) is 0 Å². The lowest BCUT2D eigenvalue weighted by atomic mass is 10.00. The van der Waals surface area contributed by atoms with Gasteiger partial charge in [0.05, 0.1) is 12.6 Å². The van der Waals surface area contributed by atoms with Gasteiger partial charge in [-0.25, -0.2) is 0 Å². The molecule has 2 aliphatic rings. The zero-order valence-electron chi connectivity index (χ0n) is 22.4. The SMILES string of the molecule is CC(C)CCN(CC(=O)N1CCc2sccc2C1COc1ccc(C(C)C)cc1)C(=O)C1CCCC1. The van der Waals surface area contributed by atoms with Crippen molar-refractivity contribution in [3.05, 3.63) is 51.7 Å². The summed E-state index contributed by atoms with van der Waals surface area (Å²) in [5.41, 5.74) is 2.47. The first-order valence-electron chi connectivity index (χ1n) is 13.7. The molecule has 1 aliphatic heterocycles. The normalized spacial score (nSPS) is 18.1. The summed E-state index contributed by atoms with van der Waals surface area (Å²) in [6.45, 7) is 10.6. The number of benzene rings is 1. The van der Waals surface area contributed by atoms with Crippen molar-refractivity contribution in [1.29, 1.82) is 0 Å². The third-order valence-electron chi connectivity index (χ3n) is 7.69. The number of hydrogen-bond donors (Lipinski definition) is 0. The first-order valence-corrected chi connectivity index (χ1v) is 14.6. The lowest BCUT2D eigenvalue weighted by Crippen LogP contribution is -2.49. The molecule has 36 heavy (non-hydrogen) atoms. The fraction of sp³-hybridized carbons (Fsp3) is 0.600. The van der Waals surface area contributed by atoms with E-state index in [9.17, 15) is 9.59 Å². The molecule has 1 unspecified atom stereocenters. The van der Waals surface area contributed by atoms with Gasteiger partial charge in [0.2, 0.25) is 11.8 Å². The van der Waals surface area contributed by atoms with Crippen molar-refractivity contribution in [1.82, 2.24) is 9.80 Å². The van der Waals surface area contributed by atoms with Gasteiger partial charge >= 0.3 is 0 Å². The predicted molar refractivity (Wildman–Crippen MR) is 146 cm³/mol.